The Morgan fingerprint density at radius 3 is 2.57 bits per heavy atom. The van der Waals surface area contributed by atoms with Gasteiger partial charge in [-0.3, -0.25) is 9.78 Å². The van der Waals surface area contributed by atoms with Crippen LogP contribution in [-0.4, -0.2) is 47.8 Å². The number of morpholine rings is 1. The third-order valence-electron chi connectivity index (χ3n) is 5.19. The van der Waals surface area contributed by atoms with Crippen molar-refractivity contribution in [2.75, 3.05) is 32.1 Å². The molecule has 1 aromatic heterocycles. The zero-order valence-electron chi connectivity index (χ0n) is 16.9. The molecule has 0 N–H and O–H groups in total. The highest BCUT2D eigenvalue weighted by Gasteiger charge is 2.30. The maximum absolute atomic E-state index is 12.9. The van der Waals surface area contributed by atoms with Gasteiger partial charge in [-0.15, -0.1) is 11.8 Å². The maximum atomic E-state index is 12.9. The standard InChI is InChI=1S/C22H27F3N2O2S/c23-22(24,25)17-7-8-18-19(16-17)26-10-9-20(18)30-15-5-3-1-2-4-6-21(28)27-11-13-29-14-12-27/h7-10,16H,1-6,11-15H2. The summed E-state index contributed by atoms with van der Waals surface area (Å²) in [6, 6.07) is 5.60. The van der Waals surface area contributed by atoms with Crippen molar-refractivity contribution in [1.82, 2.24) is 9.88 Å². The summed E-state index contributed by atoms with van der Waals surface area (Å²) in [4.78, 5) is 19.0. The SMILES string of the molecule is O=C(CCCCCCCSc1ccnc2cc(C(F)(F)F)ccc12)N1CCOCC1. The Bertz CT molecular complexity index is 839. The Hall–Kier alpha value is -1.80. The average molecular weight is 441 g/mol. The van der Waals surface area contributed by atoms with Crippen LogP contribution >= 0.6 is 11.8 Å². The molecule has 2 aromatic rings. The van der Waals surface area contributed by atoms with Gasteiger partial charge in [-0.25, -0.2) is 0 Å². The number of aromatic nitrogens is 1. The maximum Gasteiger partial charge on any atom is 0.416 e. The first kappa shape index (κ1) is 22.9. The van der Waals surface area contributed by atoms with Crippen LogP contribution in [0.5, 0.6) is 0 Å². The fraction of sp³-hybridized carbons (Fsp3) is 0.545. The van der Waals surface area contributed by atoms with E-state index in [1.54, 1.807) is 18.0 Å². The second-order valence-electron chi connectivity index (χ2n) is 7.40. The van der Waals surface area contributed by atoms with Crippen LogP contribution in [0.2, 0.25) is 0 Å². The lowest BCUT2D eigenvalue weighted by Crippen LogP contribution is -2.40. The van der Waals surface area contributed by atoms with E-state index in [0.717, 1.165) is 60.3 Å². The highest BCUT2D eigenvalue weighted by Crippen LogP contribution is 2.34. The molecule has 1 amide bonds. The molecular weight excluding hydrogens is 413 g/mol. The summed E-state index contributed by atoms with van der Waals surface area (Å²) in [7, 11) is 0. The van der Waals surface area contributed by atoms with E-state index in [2.05, 4.69) is 4.98 Å². The van der Waals surface area contributed by atoms with E-state index >= 15 is 0 Å². The Labute approximate surface area is 179 Å². The number of unbranched alkanes of at least 4 members (excludes halogenated alkanes) is 4. The quantitative estimate of drug-likeness (QED) is 0.379. The molecule has 2 heterocycles. The van der Waals surface area contributed by atoms with Gasteiger partial charge in [0.25, 0.3) is 0 Å². The summed E-state index contributed by atoms with van der Waals surface area (Å²) >= 11 is 1.66. The fourth-order valence-electron chi connectivity index (χ4n) is 3.49. The highest BCUT2D eigenvalue weighted by molar-refractivity contribution is 7.99. The minimum absolute atomic E-state index is 0.229. The number of ether oxygens (including phenoxy) is 1. The zero-order chi connectivity index (χ0) is 21.4. The van der Waals surface area contributed by atoms with Gasteiger partial charge in [0, 0.05) is 36.0 Å². The third kappa shape index (κ3) is 6.60. The Morgan fingerprint density at radius 1 is 1.07 bits per heavy atom. The summed E-state index contributed by atoms with van der Waals surface area (Å²) in [5.41, 5.74) is -0.295. The molecule has 8 heteroatoms. The van der Waals surface area contributed by atoms with E-state index in [9.17, 15) is 18.0 Å². The van der Waals surface area contributed by atoms with Crippen molar-refractivity contribution in [3.63, 3.8) is 0 Å². The number of fused-ring (bicyclic) bond motifs is 1. The van der Waals surface area contributed by atoms with Gasteiger partial charge < -0.3 is 9.64 Å². The Kier molecular flexibility index (Phi) is 8.39. The van der Waals surface area contributed by atoms with E-state index in [4.69, 9.17) is 4.74 Å². The van der Waals surface area contributed by atoms with Crippen molar-refractivity contribution in [3.8, 4) is 0 Å². The number of nitrogens with zero attached hydrogens (tertiary/aromatic N) is 2. The van der Waals surface area contributed by atoms with Crippen LogP contribution in [0.4, 0.5) is 13.2 Å². The lowest BCUT2D eigenvalue weighted by atomic mass is 10.1. The minimum Gasteiger partial charge on any atom is -0.378 e. The molecule has 30 heavy (non-hydrogen) atoms. The molecule has 1 fully saturated rings. The molecule has 4 nitrogen and oxygen atoms in total. The first-order valence-electron chi connectivity index (χ1n) is 10.4. The van der Waals surface area contributed by atoms with Gasteiger partial charge in [0.15, 0.2) is 0 Å². The summed E-state index contributed by atoms with van der Waals surface area (Å²) < 4.78 is 43.9. The van der Waals surface area contributed by atoms with Gasteiger partial charge in [0.2, 0.25) is 5.91 Å². The van der Waals surface area contributed by atoms with Crippen molar-refractivity contribution in [3.05, 3.63) is 36.0 Å². The number of pyridine rings is 1. The van der Waals surface area contributed by atoms with Crippen molar-refractivity contribution < 1.29 is 22.7 Å². The van der Waals surface area contributed by atoms with E-state index in [1.807, 2.05) is 11.0 Å². The van der Waals surface area contributed by atoms with Crippen molar-refractivity contribution in [2.24, 2.45) is 0 Å². The summed E-state index contributed by atoms with van der Waals surface area (Å²) in [6.07, 6.45) is 2.98. The van der Waals surface area contributed by atoms with Gasteiger partial charge in [-0.05, 0) is 36.8 Å². The molecule has 1 aliphatic rings. The molecule has 0 spiro atoms. The largest absolute Gasteiger partial charge is 0.416 e. The molecular formula is C22H27F3N2O2S. The van der Waals surface area contributed by atoms with Crippen molar-refractivity contribution >= 4 is 28.6 Å². The molecule has 1 saturated heterocycles. The number of hydrogen-bond acceptors (Lipinski definition) is 4. The van der Waals surface area contributed by atoms with Gasteiger partial charge in [-0.2, -0.15) is 13.2 Å². The van der Waals surface area contributed by atoms with Gasteiger partial charge in [0.1, 0.15) is 0 Å². The van der Waals surface area contributed by atoms with Crippen LogP contribution in [0.1, 0.15) is 44.1 Å². The molecule has 0 radical (unpaired) electrons. The fourth-order valence-corrected chi connectivity index (χ4v) is 4.54. The van der Waals surface area contributed by atoms with Crippen LogP contribution in [0.25, 0.3) is 10.9 Å². The molecule has 1 aromatic carbocycles. The molecule has 0 bridgehead atoms. The summed E-state index contributed by atoms with van der Waals surface area (Å²) in [5, 5.41) is 0.761. The molecule has 0 saturated carbocycles. The molecule has 1 aliphatic heterocycles. The Morgan fingerprint density at radius 2 is 1.80 bits per heavy atom. The second kappa shape index (κ2) is 11.0. The normalized spacial score (nSPS) is 15.0. The first-order valence-corrected chi connectivity index (χ1v) is 11.4. The predicted octanol–water partition coefficient (Wildman–Crippen LogP) is 5.55. The molecule has 0 aliphatic carbocycles. The van der Waals surface area contributed by atoms with E-state index in [1.165, 1.54) is 6.07 Å². The number of carbonyl (C=O) groups is 1. The zero-order valence-corrected chi connectivity index (χ0v) is 17.7. The van der Waals surface area contributed by atoms with E-state index in [0.29, 0.717) is 38.2 Å². The van der Waals surface area contributed by atoms with E-state index < -0.39 is 11.7 Å². The third-order valence-corrected chi connectivity index (χ3v) is 6.35. The lowest BCUT2D eigenvalue weighted by molar-refractivity contribution is -0.137. The molecule has 0 atom stereocenters. The van der Waals surface area contributed by atoms with Gasteiger partial charge in [-0.1, -0.05) is 25.3 Å². The number of benzene rings is 1. The first-order chi connectivity index (χ1) is 14.4. The lowest BCUT2D eigenvalue weighted by Gasteiger charge is -2.26. The monoisotopic (exact) mass is 440 g/mol. The smallest absolute Gasteiger partial charge is 0.378 e. The summed E-state index contributed by atoms with van der Waals surface area (Å²) in [6.45, 7) is 2.69. The number of halogens is 3. The Balaban J connectivity index is 1.34. The van der Waals surface area contributed by atoms with Gasteiger partial charge in [0.05, 0.1) is 24.3 Å². The number of rotatable bonds is 9. The highest BCUT2D eigenvalue weighted by atomic mass is 32.2. The van der Waals surface area contributed by atoms with Crippen LogP contribution in [0, 0.1) is 0 Å². The number of carbonyl (C=O) groups excluding carboxylic acids is 1. The summed E-state index contributed by atoms with van der Waals surface area (Å²) in [5.74, 6) is 1.14. The number of thioether (sulfide) groups is 1. The molecule has 0 unspecified atom stereocenters. The van der Waals surface area contributed by atoms with Gasteiger partial charge >= 0.3 is 6.18 Å². The number of hydrogen-bond donors (Lipinski definition) is 0. The topological polar surface area (TPSA) is 42.4 Å². The molecule has 3 rings (SSSR count). The van der Waals surface area contributed by atoms with Crippen LogP contribution < -0.4 is 0 Å². The predicted molar refractivity (Wildman–Crippen MR) is 113 cm³/mol. The van der Waals surface area contributed by atoms with E-state index in [-0.39, 0.29) is 5.91 Å². The average Bonchev–Trinajstić information content (AvgIpc) is 2.75. The molecule has 164 valence electrons. The number of alkyl halides is 3. The minimum atomic E-state index is -4.36. The van der Waals surface area contributed by atoms with Crippen LogP contribution in [-0.2, 0) is 15.7 Å². The second-order valence-corrected chi connectivity index (χ2v) is 8.53. The van der Waals surface area contributed by atoms with Crippen LogP contribution in [0.15, 0.2) is 35.4 Å². The van der Waals surface area contributed by atoms with Crippen molar-refractivity contribution in [1.29, 1.82) is 0 Å². The number of amides is 1. The van der Waals surface area contributed by atoms with Crippen molar-refractivity contribution in [2.45, 2.75) is 49.6 Å². The van der Waals surface area contributed by atoms with Crippen LogP contribution in [0.3, 0.4) is 0 Å².